The van der Waals surface area contributed by atoms with Crippen molar-refractivity contribution in [1.82, 2.24) is 5.32 Å². The maximum atomic E-state index is 12.5. The second-order valence-corrected chi connectivity index (χ2v) is 4.95. The van der Waals surface area contributed by atoms with Crippen molar-refractivity contribution >= 4 is 0 Å². The first-order chi connectivity index (χ1) is 11.1. The number of rotatable bonds is 5. The maximum Gasteiger partial charge on any atom is 0.573 e. The molecule has 130 valence electrons. The highest BCUT2D eigenvalue weighted by molar-refractivity contribution is 5.33. The minimum absolute atomic E-state index is 0.0767. The molecule has 0 heterocycles. The van der Waals surface area contributed by atoms with Gasteiger partial charge in [-0.05, 0) is 23.8 Å². The zero-order valence-electron chi connectivity index (χ0n) is 12.2. The fraction of sp³-hybridized carbons (Fsp3) is 0.250. The second-order valence-electron chi connectivity index (χ2n) is 4.95. The van der Waals surface area contributed by atoms with Crippen LogP contribution in [0, 0.1) is 0 Å². The average molecular weight is 349 g/mol. The minimum atomic E-state index is -4.79. The summed E-state index contributed by atoms with van der Waals surface area (Å²) in [6.07, 6.45) is -9.19. The predicted molar refractivity (Wildman–Crippen MR) is 75.1 cm³/mol. The van der Waals surface area contributed by atoms with E-state index in [0.29, 0.717) is 11.1 Å². The van der Waals surface area contributed by atoms with E-state index < -0.39 is 18.1 Å². The smallest absolute Gasteiger partial charge is 0.405 e. The molecular weight excluding hydrogens is 336 g/mol. The van der Waals surface area contributed by atoms with Gasteiger partial charge in [0.1, 0.15) is 5.75 Å². The van der Waals surface area contributed by atoms with Gasteiger partial charge in [0.05, 0.1) is 5.56 Å². The number of ether oxygens (including phenoxy) is 1. The molecule has 0 saturated heterocycles. The number of alkyl halides is 6. The van der Waals surface area contributed by atoms with Crippen molar-refractivity contribution in [3.8, 4) is 5.75 Å². The first-order valence-corrected chi connectivity index (χ1v) is 6.86. The van der Waals surface area contributed by atoms with Crippen LogP contribution in [0.1, 0.15) is 16.7 Å². The first-order valence-electron chi connectivity index (χ1n) is 6.86. The van der Waals surface area contributed by atoms with Crippen molar-refractivity contribution in [2.24, 2.45) is 0 Å². The molecule has 0 aliphatic rings. The van der Waals surface area contributed by atoms with Gasteiger partial charge in [-0.1, -0.05) is 30.3 Å². The predicted octanol–water partition coefficient (Wildman–Crippen LogP) is 4.89. The standard InChI is InChI=1S/C16H13F6NO/c17-15(18,19)13-7-5-11(6-8-13)9-23-10-12-3-1-2-4-14(12)24-16(20,21)22/h1-8,23H,9-10H2. The number of para-hydroxylation sites is 1. The third kappa shape index (κ3) is 5.45. The highest BCUT2D eigenvalue weighted by Gasteiger charge is 2.32. The molecule has 0 aliphatic heterocycles. The van der Waals surface area contributed by atoms with Crippen LogP contribution in [0.2, 0.25) is 0 Å². The Balaban J connectivity index is 1.95. The molecular formula is C16H13F6NO. The number of hydrogen-bond acceptors (Lipinski definition) is 2. The van der Waals surface area contributed by atoms with Crippen LogP contribution >= 0.6 is 0 Å². The van der Waals surface area contributed by atoms with Gasteiger partial charge in [0.15, 0.2) is 0 Å². The van der Waals surface area contributed by atoms with Crippen LogP contribution < -0.4 is 10.1 Å². The molecule has 0 fully saturated rings. The van der Waals surface area contributed by atoms with Gasteiger partial charge >= 0.3 is 12.5 Å². The number of halogens is 6. The van der Waals surface area contributed by atoms with E-state index in [1.807, 2.05) is 0 Å². The lowest BCUT2D eigenvalue weighted by atomic mass is 10.1. The monoisotopic (exact) mass is 349 g/mol. The normalized spacial score (nSPS) is 12.2. The molecule has 8 heteroatoms. The van der Waals surface area contributed by atoms with Crippen LogP contribution in [-0.4, -0.2) is 6.36 Å². The Bertz CT molecular complexity index is 664. The molecule has 0 saturated carbocycles. The Hall–Kier alpha value is -2.22. The zero-order chi connectivity index (χ0) is 17.8. The summed E-state index contributed by atoms with van der Waals surface area (Å²) in [5.74, 6) is -0.315. The molecule has 2 nitrogen and oxygen atoms in total. The van der Waals surface area contributed by atoms with Gasteiger partial charge in [0, 0.05) is 18.7 Å². The first kappa shape index (κ1) is 18.1. The molecule has 0 atom stereocenters. The van der Waals surface area contributed by atoms with Crippen molar-refractivity contribution in [3.05, 3.63) is 65.2 Å². The average Bonchev–Trinajstić information content (AvgIpc) is 2.47. The molecule has 0 unspecified atom stereocenters. The van der Waals surface area contributed by atoms with E-state index in [0.717, 1.165) is 12.1 Å². The van der Waals surface area contributed by atoms with Gasteiger partial charge in [-0.3, -0.25) is 0 Å². The van der Waals surface area contributed by atoms with Gasteiger partial charge in [0.25, 0.3) is 0 Å². The summed E-state index contributed by atoms with van der Waals surface area (Å²) < 4.78 is 78.2. The minimum Gasteiger partial charge on any atom is -0.405 e. The summed E-state index contributed by atoms with van der Waals surface area (Å²) in [4.78, 5) is 0. The molecule has 0 aliphatic carbocycles. The Morgan fingerprint density at radius 1 is 0.792 bits per heavy atom. The lowest BCUT2D eigenvalue weighted by Crippen LogP contribution is -2.20. The van der Waals surface area contributed by atoms with E-state index in [2.05, 4.69) is 10.1 Å². The van der Waals surface area contributed by atoms with Crippen molar-refractivity contribution in [2.45, 2.75) is 25.6 Å². The van der Waals surface area contributed by atoms with Crippen molar-refractivity contribution < 1.29 is 31.1 Å². The van der Waals surface area contributed by atoms with Crippen LogP contribution in [0.25, 0.3) is 0 Å². The topological polar surface area (TPSA) is 21.3 Å². The molecule has 0 spiro atoms. The van der Waals surface area contributed by atoms with Crippen LogP contribution in [0.15, 0.2) is 48.5 Å². The van der Waals surface area contributed by atoms with E-state index >= 15 is 0 Å². The molecule has 0 amide bonds. The molecule has 2 rings (SSSR count). The molecule has 24 heavy (non-hydrogen) atoms. The lowest BCUT2D eigenvalue weighted by Gasteiger charge is -2.14. The van der Waals surface area contributed by atoms with E-state index in [1.165, 1.54) is 30.3 Å². The van der Waals surface area contributed by atoms with Crippen LogP contribution in [0.5, 0.6) is 5.75 Å². The van der Waals surface area contributed by atoms with E-state index in [9.17, 15) is 26.3 Å². The van der Waals surface area contributed by atoms with Gasteiger partial charge in [-0.15, -0.1) is 13.2 Å². The zero-order valence-corrected chi connectivity index (χ0v) is 12.2. The number of nitrogens with one attached hydrogen (secondary N) is 1. The van der Waals surface area contributed by atoms with Gasteiger partial charge in [-0.25, -0.2) is 0 Å². The quantitative estimate of drug-likeness (QED) is 0.776. The number of hydrogen-bond donors (Lipinski definition) is 1. The maximum absolute atomic E-state index is 12.5. The lowest BCUT2D eigenvalue weighted by molar-refractivity contribution is -0.274. The van der Waals surface area contributed by atoms with E-state index in [1.54, 1.807) is 6.07 Å². The van der Waals surface area contributed by atoms with Crippen LogP contribution in [0.3, 0.4) is 0 Å². The van der Waals surface area contributed by atoms with Gasteiger partial charge in [-0.2, -0.15) is 13.2 Å². The Labute approximate surface area is 134 Å². The second kappa shape index (κ2) is 7.12. The summed E-state index contributed by atoms with van der Waals surface area (Å²) in [6.45, 7) is 0.283. The fourth-order valence-corrected chi connectivity index (χ4v) is 2.03. The largest absolute Gasteiger partial charge is 0.573 e. The highest BCUT2D eigenvalue weighted by Crippen LogP contribution is 2.29. The summed E-state index contributed by atoms with van der Waals surface area (Å²) in [5.41, 5.74) is 0.120. The molecule has 0 bridgehead atoms. The van der Waals surface area contributed by atoms with Crippen molar-refractivity contribution in [1.29, 1.82) is 0 Å². The molecule has 2 aromatic carbocycles. The summed E-state index contributed by atoms with van der Waals surface area (Å²) in [6, 6.07) is 10.2. The molecule has 2 aromatic rings. The Kier molecular flexibility index (Phi) is 5.38. The van der Waals surface area contributed by atoms with Gasteiger partial charge in [0.2, 0.25) is 0 Å². The summed E-state index contributed by atoms with van der Waals surface area (Å²) in [5, 5.41) is 2.87. The Morgan fingerprint density at radius 2 is 1.42 bits per heavy atom. The molecule has 1 N–H and O–H groups in total. The van der Waals surface area contributed by atoms with Gasteiger partial charge < -0.3 is 10.1 Å². The van der Waals surface area contributed by atoms with E-state index in [4.69, 9.17) is 0 Å². The van der Waals surface area contributed by atoms with Crippen molar-refractivity contribution in [2.75, 3.05) is 0 Å². The Morgan fingerprint density at radius 3 is 2.00 bits per heavy atom. The van der Waals surface area contributed by atoms with E-state index in [-0.39, 0.29) is 18.8 Å². The number of benzene rings is 2. The fourth-order valence-electron chi connectivity index (χ4n) is 2.03. The molecule has 0 radical (unpaired) electrons. The third-order valence-electron chi connectivity index (χ3n) is 3.12. The third-order valence-corrected chi connectivity index (χ3v) is 3.12. The van der Waals surface area contributed by atoms with Crippen LogP contribution in [0.4, 0.5) is 26.3 Å². The summed E-state index contributed by atoms with van der Waals surface area (Å²) in [7, 11) is 0. The van der Waals surface area contributed by atoms with Crippen LogP contribution in [-0.2, 0) is 19.3 Å². The summed E-state index contributed by atoms with van der Waals surface area (Å²) >= 11 is 0. The van der Waals surface area contributed by atoms with Crippen molar-refractivity contribution in [3.63, 3.8) is 0 Å². The SMILES string of the molecule is FC(F)(F)Oc1ccccc1CNCc1ccc(C(F)(F)F)cc1. The molecule has 0 aromatic heterocycles. The highest BCUT2D eigenvalue weighted by atomic mass is 19.4.